The number of hydrogen-bond acceptors (Lipinski definition) is 7. The molecule has 0 atom stereocenters. The molecule has 1 fully saturated rings. The van der Waals surface area contributed by atoms with E-state index in [1.165, 1.54) is 12.1 Å². The lowest BCUT2D eigenvalue weighted by atomic mass is 10.1. The van der Waals surface area contributed by atoms with Crippen molar-refractivity contribution in [3.63, 3.8) is 0 Å². The average molecular weight is 515 g/mol. The molecule has 184 valence electrons. The molecule has 4 rings (SSSR count). The maximum absolute atomic E-state index is 12.9. The molecule has 1 amide bonds. The molecule has 8 nitrogen and oxygen atoms in total. The fourth-order valence-electron chi connectivity index (χ4n) is 3.09. The monoisotopic (exact) mass is 515 g/mol. The van der Waals surface area contributed by atoms with Gasteiger partial charge < -0.3 is 14.8 Å². The predicted molar refractivity (Wildman–Crippen MR) is 128 cm³/mol. The number of nitro benzene ring substituents is 1. The molecule has 0 aliphatic carbocycles. The van der Waals surface area contributed by atoms with Crippen LogP contribution in [0.1, 0.15) is 11.1 Å². The van der Waals surface area contributed by atoms with Crippen molar-refractivity contribution < 1.29 is 32.4 Å². The van der Waals surface area contributed by atoms with Crippen LogP contribution < -0.4 is 14.8 Å². The summed E-state index contributed by atoms with van der Waals surface area (Å²) in [6.07, 6.45) is -3.09. The largest absolute Gasteiger partial charge is 0.497 e. The second-order valence-corrected chi connectivity index (χ2v) is 8.32. The zero-order valence-electron chi connectivity index (χ0n) is 18.4. The smallest absolute Gasteiger partial charge is 0.416 e. The summed E-state index contributed by atoms with van der Waals surface area (Å²) in [4.78, 5) is 27.4. The van der Waals surface area contributed by atoms with Gasteiger partial charge in [-0.2, -0.15) is 13.2 Å². The Morgan fingerprint density at radius 1 is 1.03 bits per heavy atom. The lowest BCUT2D eigenvalue weighted by Gasteiger charge is -2.10. The SMILES string of the molecule is COc1ccc(N=C2NC(=O)/C(=C\c3ccc(Oc4ccc(C(F)(F)F)cc4[N+](=O)[O-])cc3)S2)cc1. The molecule has 1 heterocycles. The Hall–Kier alpha value is -4.32. The second kappa shape index (κ2) is 10.1. The van der Waals surface area contributed by atoms with Gasteiger partial charge in [-0.25, -0.2) is 4.99 Å². The minimum Gasteiger partial charge on any atom is -0.497 e. The van der Waals surface area contributed by atoms with E-state index >= 15 is 0 Å². The highest BCUT2D eigenvalue weighted by atomic mass is 32.2. The number of carbonyl (C=O) groups is 1. The number of nitro groups is 1. The summed E-state index contributed by atoms with van der Waals surface area (Å²) in [7, 11) is 1.56. The van der Waals surface area contributed by atoms with Crippen molar-refractivity contribution in [2.45, 2.75) is 6.18 Å². The zero-order valence-corrected chi connectivity index (χ0v) is 19.2. The molecule has 1 saturated heterocycles. The Morgan fingerprint density at radius 3 is 2.31 bits per heavy atom. The van der Waals surface area contributed by atoms with Gasteiger partial charge in [0.25, 0.3) is 5.91 Å². The van der Waals surface area contributed by atoms with E-state index in [1.807, 2.05) is 0 Å². The molecule has 3 aromatic carbocycles. The molecule has 0 unspecified atom stereocenters. The highest BCUT2D eigenvalue weighted by Gasteiger charge is 2.33. The number of nitrogens with one attached hydrogen (secondary N) is 1. The Balaban J connectivity index is 1.48. The van der Waals surface area contributed by atoms with Crippen LogP contribution in [-0.4, -0.2) is 23.1 Å². The summed E-state index contributed by atoms with van der Waals surface area (Å²) in [6.45, 7) is 0. The molecule has 1 aliphatic rings. The van der Waals surface area contributed by atoms with Gasteiger partial charge in [-0.05, 0) is 71.9 Å². The summed E-state index contributed by atoms with van der Waals surface area (Å²) in [5.74, 6) is 0.200. The van der Waals surface area contributed by atoms with E-state index in [9.17, 15) is 28.1 Å². The van der Waals surface area contributed by atoms with Gasteiger partial charge in [-0.3, -0.25) is 14.9 Å². The number of ether oxygens (including phenoxy) is 2. The first-order valence-corrected chi connectivity index (χ1v) is 11.0. The van der Waals surface area contributed by atoms with Crippen molar-refractivity contribution in [2.24, 2.45) is 4.99 Å². The van der Waals surface area contributed by atoms with Crippen LogP contribution in [0.2, 0.25) is 0 Å². The number of rotatable bonds is 6. The topological polar surface area (TPSA) is 103 Å². The normalized spacial score (nSPS) is 15.7. The lowest BCUT2D eigenvalue weighted by molar-refractivity contribution is -0.385. The zero-order chi connectivity index (χ0) is 25.9. The minimum absolute atomic E-state index is 0.172. The number of hydrogen-bond donors (Lipinski definition) is 1. The number of amidine groups is 1. The third-order valence-electron chi connectivity index (χ3n) is 4.84. The Bertz CT molecular complexity index is 1370. The van der Waals surface area contributed by atoms with Gasteiger partial charge >= 0.3 is 11.9 Å². The number of benzene rings is 3. The summed E-state index contributed by atoms with van der Waals surface area (Å²) in [6, 6.07) is 15.2. The first-order chi connectivity index (χ1) is 17.1. The third-order valence-corrected chi connectivity index (χ3v) is 5.75. The highest BCUT2D eigenvalue weighted by molar-refractivity contribution is 8.18. The van der Waals surface area contributed by atoms with E-state index in [0.29, 0.717) is 39.2 Å². The number of halogens is 3. The van der Waals surface area contributed by atoms with E-state index in [4.69, 9.17) is 9.47 Å². The fourth-order valence-corrected chi connectivity index (χ4v) is 3.93. The van der Waals surface area contributed by atoms with Gasteiger partial charge in [0.2, 0.25) is 5.75 Å². The van der Waals surface area contributed by atoms with Crippen LogP contribution in [0.5, 0.6) is 17.2 Å². The Kier molecular flexibility index (Phi) is 6.97. The molecule has 36 heavy (non-hydrogen) atoms. The van der Waals surface area contributed by atoms with Crippen LogP contribution in [0.4, 0.5) is 24.5 Å². The van der Waals surface area contributed by atoms with E-state index in [1.54, 1.807) is 49.6 Å². The Morgan fingerprint density at radius 2 is 1.69 bits per heavy atom. The maximum Gasteiger partial charge on any atom is 0.416 e. The van der Waals surface area contributed by atoms with E-state index in [0.717, 1.165) is 17.8 Å². The summed E-state index contributed by atoms with van der Waals surface area (Å²) >= 11 is 1.15. The number of aliphatic imine (C=N–C) groups is 1. The molecule has 12 heteroatoms. The first-order valence-electron chi connectivity index (χ1n) is 10.2. The number of thioether (sulfide) groups is 1. The third kappa shape index (κ3) is 5.84. The van der Waals surface area contributed by atoms with E-state index in [-0.39, 0.29) is 17.4 Å². The number of alkyl halides is 3. The van der Waals surface area contributed by atoms with Gasteiger partial charge in [0.05, 0.1) is 28.2 Å². The molecule has 0 spiro atoms. The van der Waals surface area contributed by atoms with Gasteiger partial charge in [0, 0.05) is 6.07 Å². The number of nitrogens with zero attached hydrogens (tertiary/aromatic N) is 2. The van der Waals surface area contributed by atoms with Crippen molar-refractivity contribution in [1.82, 2.24) is 5.32 Å². The van der Waals surface area contributed by atoms with Crippen LogP contribution in [0.15, 0.2) is 76.6 Å². The summed E-state index contributed by atoms with van der Waals surface area (Å²) < 4.78 is 49.2. The van der Waals surface area contributed by atoms with Crippen molar-refractivity contribution in [3.05, 3.63) is 92.9 Å². The minimum atomic E-state index is -4.72. The first kappa shape index (κ1) is 24.8. The van der Waals surface area contributed by atoms with Crippen molar-refractivity contribution in [2.75, 3.05) is 7.11 Å². The van der Waals surface area contributed by atoms with Crippen molar-refractivity contribution >= 4 is 40.3 Å². The number of methoxy groups -OCH3 is 1. The van der Waals surface area contributed by atoms with Crippen LogP contribution in [-0.2, 0) is 11.0 Å². The maximum atomic E-state index is 12.9. The standard InChI is InChI=1S/C24H16F3N3O5S/c1-34-17-9-5-16(6-10-17)28-23-29-22(31)21(36-23)12-14-2-7-18(8-3-14)35-20-11-4-15(24(25,26)27)13-19(20)30(32)33/h2-13H,1H3,(H,28,29,31)/b21-12+. The predicted octanol–water partition coefficient (Wildman–Crippen LogP) is 6.31. The van der Waals surface area contributed by atoms with Gasteiger partial charge in [0.15, 0.2) is 5.17 Å². The summed E-state index contributed by atoms with van der Waals surface area (Å²) in [5, 5.41) is 14.3. The number of amides is 1. The quantitative estimate of drug-likeness (QED) is 0.235. The van der Waals surface area contributed by atoms with Crippen LogP contribution in [0.25, 0.3) is 6.08 Å². The number of carbonyl (C=O) groups excluding carboxylic acids is 1. The molecule has 0 radical (unpaired) electrons. The highest BCUT2D eigenvalue weighted by Crippen LogP contribution is 2.38. The molecule has 1 N–H and O–H groups in total. The van der Waals surface area contributed by atoms with Crippen LogP contribution in [0.3, 0.4) is 0 Å². The fraction of sp³-hybridized carbons (Fsp3) is 0.0833. The van der Waals surface area contributed by atoms with Gasteiger partial charge in [-0.1, -0.05) is 12.1 Å². The molecule has 1 aliphatic heterocycles. The lowest BCUT2D eigenvalue weighted by Crippen LogP contribution is -2.19. The average Bonchev–Trinajstić information content (AvgIpc) is 3.18. The van der Waals surface area contributed by atoms with E-state index in [2.05, 4.69) is 10.3 Å². The molecule has 0 saturated carbocycles. The van der Waals surface area contributed by atoms with Gasteiger partial charge in [0.1, 0.15) is 11.5 Å². The summed E-state index contributed by atoms with van der Waals surface area (Å²) in [5.41, 5.74) is -0.684. The van der Waals surface area contributed by atoms with Crippen molar-refractivity contribution in [1.29, 1.82) is 0 Å². The molecule has 3 aromatic rings. The molecule has 0 bridgehead atoms. The van der Waals surface area contributed by atoms with E-state index < -0.39 is 22.4 Å². The van der Waals surface area contributed by atoms with Crippen LogP contribution >= 0.6 is 11.8 Å². The van der Waals surface area contributed by atoms with Gasteiger partial charge in [-0.15, -0.1) is 0 Å². The molecular formula is C24H16F3N3O5S. The van der Waals surface area contributed by atoms with Crippen molar-refractivity contribution in [3.8, 4) is 17.2 Å². The Labute approximate surface area is 206 Å². The molecular weight excluding hydrogens is 499 g/mol. The molecule has 0 aromatic heterocycles. The second-order valence-electron chi connectivity index (χ2n) is 7.29. The van der Waals surface area contributed by atoms with Crippen LogP contribution in [0, 0.1) is 10.1 Å².